The van der Waals surface area contributed by atoms with Crippen molar-refractivity contribution in [2.75, 3.05) is 16.8 Å². The van der Waals surface area contributed by atoms with E-state index in [1.54, 1.807) is 12.1 Å². The molecule has 0 bridgehead atoms. The lowest BCUT2D eigenvalue weighted by atomic mass is 10.1. The number of fused-ring (bicyclic) bond motifs is 3. The number of ether oxygens (including phenoxy) is 1. The van der Waals surface area contributed by atoms with Gasteiger partial charge in [-0.05, 0) is 42.5 Å². The standard InChI is InChI=1S/C20H17N3O4S/c24-18-16-3-1-7-23(16)15-6-5-12(9-14(15)22-18)20(25)27-11-13-10-26-19(21-13)17-4-2-8-28-17/h2,4-6,8-10,16H,1,3,7,11H2,(H,22,24)/t16-/m1/s1. The molecule has 28 heavy (non-hydrogen) atoms. The minimum absolute atomic E-state index is 0.0146. The number of aromatic nitrogens is 1. The molecule has 0 spiro atoms. The number of nitrogens with one attached hydrogen (secondary N) is 1. The summed E-state index contributed by atoms with van der Waals surface area (Å²) in [5.41, 5.74) is 2.54. The average Bonchev–Trinajstić information content (AvgIpc) is 3.47. The van der Waals surface area contributed by atoms with Crippen molar-refractivity contribution in [1.29, 1.82) is 0 Å². The van der Waals surface area contributed by atoms with Crippen molar-refractivity contribution in [3.8, 4) is 10.8 Å². The summed E-state index contributed by atoms with van der Waals surface area (Å²) in [7, 11) is 0. The number of benzene rings is 1. The number of thiophene rings is 1. The van der Waals surface area contributed by atoms with Crippen molar-refractivity contribution in [1.82, 2.24) is 4.98 Å². The van der Waals surface area contributed by atoms with Gasteiger partial charge in [-0.1, -0.05) is 6.07 Å². The Balaban J connectivity index is 1.29. The lowest BCUT2D eigenvalue weighted by Gasteiger charge is -2.33. The molecule has 7 nitrogen and oxygen atoms in total. The second-order valence-electron chi connectivity index (χ2n) is 6.77. The molecule has 5 rings (SSSR count). The molecule has 1 atom stereocenters. The topological polar surface area (TPSA) is 84.7 Å². The highest BCUT2D eigenvalue weighted by Crippen LogP contribution is 2.37. The zero-order chi connectivity index (χ0) is 19.1. The van der Waals surface area contributed by atoms with Crippen molar-refractivity contribution < 1.29 is 18.7 Å². The van der Waals surface area contributed by atoms with Gasteiger partial charge in [0.05, 0.1) is 21.8 Å². The number of nitrogens with zero attached hydrogens (tertiary/aromatic N) is 2. The molecule has 4 heterocycles. The first-order valence-electron chi connectivity index (χ1n) is 9.06. The fraction of sp³-hybridized carbons (Fsp3) is 0.250. The number of hydrogen-bond donors (Lipinski definition) is 1. The first-order chi connectivity index (χ1) is 13.7. The van der Waals surface area contributed by atoms with Crippen molar-refractivity contribution in [3.63, 3.8) is 0 Å². The Hall–Kier alpha value is -3.13. The van der Waals surface area contributed by atoms with Gasteiger partial charge in [0.1, 0.15) is 24.6 Å². The van der Waals surface area contributed by atoms with Gasteiger partial charge < -0.3 is 19.4 Å². The highest BCUT2D eigenvalue weighted by atomic mass is 32.1. The quantitative estimate of drug-likeness (QED) is 0.679. The van der Waals surface area contributed by atoms with Crippen molar-refractivity contribution >= 4 is 34.6 Å². The maximum Gasteiger partial charge on any atom is 0.338 e. The van der Waals surface area contributed by atoms with Crippen LogP contribution in [0.2, 0.25) is 0 Å². The highest BCUT2D eigenvalue weighted by molar-refractivity contribution is 7.13. The van der Waals surface area contributed by atoms with Gasteiger partial charge in [-0.3, -0.25) is 4.79 Å². The van der Waals surface area contributed by atoms with E-state index in [0.29, 0.717) is 22.8 Å². The van der Waals surface area contributed by atoms with Gasteiger partial charge in [0.15, 0.2) is 0 Å². The average molecular weight is 395 g/mol. The van der Waals surface area contributed by atoms with Crippen molar-refractivity contribution in [3.05, 3.63) is 53.2 Å². The van der Waals surface area contributed by atoms with E-state index in [1.165, 1.54) is 17.6 Å². The number of rotatable bonds is 4. The van der Waals surface area contributed by atoms with E-state index in [2.05, 4.69) is 15.2 Å². The van der Waals surface area contributed by atoms with Gasteiger partial charge in [0.2, 0.25) is 11.8 Å². The van der Waals surface area contributed by atoms with Crippen LogP contribution < -0.4 is 10.2 Å². The minimum Gasteiger partial charge on any atom is -0.455 e. The summed E-state index contributed by atoms with van der Waals surface area (Å²) >= 11 is 1.53. The maximum absolute atomic E-state index is 12.4. The third-order valence-corrected chi connectivity index (χ3v) is 5.85. The van der Waals surface area contributed by atoms with Crippen LogP contribution in [0, 0.1) is 0 Å². The van der Waals surface area contributed by atoms with E-state index in [-0.39, 0.29) is 18.6 Å². The van der Waals surface area contributed by atoms with Gasteiger partial charge >= 0.3 is 5.97 Å². The second-order valence-corrected chi connectivity index (χ2v) is 7.72. The predicted molar refractivity (Wildman–Crippen MR) is 104 cm³/mol. The molecule has 8 heteroatoms. The first-order valence-corrected chi connectivity index (χ1v) is 9.94. The number of anilines is 2. The Morgan fingerprint density at radius 2 is 2.32 bits per heavy atom. The predicted octanol–water partition coefficient (Wildman–Crippen LogP) is 3.68. The van der Waals surface area contributed by atoms with E-state index in [9.17, 15) is 9.59 Å². The molecule has 1 saturated heterocycles. The van der Waals surface area contributed by atoms with Crippen molar-refractivity contribution in [2.24, 2.45) is 0 Å². The maximum atomic E-state index is 12.4. The van der Waals surface area contributed by atoms with Gasteiger partial charge in [0.25, 0.3) is 0 Å². The molecule has 2 aliphatic heterocycles. The van der Waals surface area contributed by atoms with E-state index >= 15 is 0 Å². The van der Waals surface area contributed by atoms with Gasteiger partial charge in [-0.25, -0.2) is 9.78 Å². The van der Waals surface area contributed by atoms with Crippen LogP contribution >= 0.6 is 11.3 Å². The van der Waals surface area contributed by atoms with Gasteiger partial charge in [-0.15, -0.1) is 11.3 Å². The largest absolute Gasteiger partial charge is 0.455 e. The molecule has 1 N–H and O–H groups in total. The van der Waals surface area contributed by atoms with E-state index in [1.807, 2.05) is 23.6 Å². The smallest absolute Gasteiger partial charge is 0.338 e. The van der Waals surface area contributed by atoms with E-state index in [0.717, 1.165) is 30.0 Å². The van der Waals surface area contributed by atoms with Crippen LogP contribution in [-0.4, -0.2) is 29.4 Å². The minimum atomic E-state index is -0.471. The van der Waals surface area contributed by atoms with Crippen LogP contribution in [0.1, 0.15) is 28.9 Å². The molecule has 2 aliphatic rings. The molecular formula is C20H17N3O4S. The van der Waals surface area contributed by atoms with Crippen LogP contribution in [0.3, 0.4) is 0 Å². The normalized spacial score (nSPS) is 17.8. The number of oxazole rings is 1. The van der Waals surface area contributed by atoms with Crippen LogP contribution in [0.5, 0.6) is 0 Å². The Labute approximate surface area is 164 Å². The van der Waals surface area contributed by atoms with Crippen LogP contribution in [0.25, 0.3) is 10.8 Å². The molecule has 0 radical (unpaired) electrons. The summed E-state index contributed by atoms with van der Waals surface area (Å²) in [5.74, 6) is 0.0261. The summed E-state index contributed by atoms with van der Waals surface area (Å²) in [4.78, 5) is 32.0. The van der Waals surface area contributed by atoms with Gasteiger partial charge in [0, 0.05) is 6.54 Å². The summed E-state index contributed by atoms with van der Waals surface area (Å²) in [6, 6.07) is 9.00. The summed E-state index contributed by atoms with van der Waals surface area (Å²) in [5, 5.41) is 4.85. The fourth-order valence-electron chi connectivity index (χ4n) is 3.67. The molecule has 0 unspecified atom stereocenters. The third-order valence-electron chi connectivity index (χ3n) is 4.99. The van der Waals surface area contributed by atoms with Crippen molar-refractivity contribution in [2.45, 2.75) is 25.5 Å². The van der Waals surface area contributed by atoms with Crippen LogP contribution in [-0.2, 0) is 16.1 Å². The number of amides is 1. The summed E-state index contributed by atoms with van der Waals surface area (Å²) < 4.78 is 10.8. The summed E-state index contributed by atoms with van der Waals surface area (Å²) in [6.07, 6.45) is 3.34. The molecule has 3 aromatic rings. The van der Waals surface area contributed by atoms with E-state index < -0.39 is 5.97 Å². The Bertz CT molecular complexity index is 1040. The molecule has 1 aromatic carbocycles. The van der Waals surface area contributed by atoms with E-state index in [4.69, 9.17) is 9.15 Å². The molecule has 1 fully saturated rings. The molecule has 1 amide bonds. The fourth-order valence-corrected chi connectivity index (χ4v) is 4.32. The SMILES string of the molecule is O=C(OCc1coc(-c2cccs2)n1)c1ccc2c(c1)NC(=O)[C@H]1CCCN21. The first kappa shape index (κ1) is 17.0. The van der Waals surface area contributed by atoms with Crippen LogP contribution in [0.15, 0.2) is 46.4 Å². The lowest BCUT2D eigenvalue weighted by molar-refractivity contribution is -0.117. The lowest BCUT2D eigenvalue weighted by Crippen LogP contribution is -2.43. The Kier molecular flexibility index (Phi) is 4.12. The highest BCUT2D eigenvalue weighted by Gasteiger charge is 2.36. The van der Waals surface area contributed by atoms with Gasteiger partial charge in [-0.2, -0.15) is 0 Å². The molecule has 2 aromatic heterocycles. The Morgan fingerprint density at radius 1 is 1.39 bits per heavy atom. The molecule has 0 aliphatic carbocycles. The number of carbonyl (C=O) groups is 2. The molecule has 142 valence electrons. The second kappa shape index (κ2) is 6.79. The molecule has 0 saturated carbocycles. The third kappa shape index (κ3) is 2.95. The zero-order valence-corrected chi connectivity index (χ0v) is 15.7. The number of hydrogen-bond acceptors (Lipinski definition) is 7. The number of esters is 1. The van der Waals surface area contributed by atoms with Crippen LogP contribution in [0.4, 0.5) is 11.4 Å². The monoisotopic (exact) mass is 395 g/mol. The number of carbonyl (C=O) groups excluding carboxylic acids is 2. The molecular weight excluding hydrogens is 378 g/mol. The summed E-state index contributed by atoms with van der Waals surface area (Å²) in [6.45, 7) is 0.874. The zero-order valence-electron chi connectivity index (χ0n) is 14.9. The Morgan fingerprint density at radius 3 is 3.18 bits per heavy atom.